The molecular weight excluding hydrogens is 602 g/mol. The van der Waals surface area contributed by atoms with Crippen LogP contribution < -0.4 is 14.8 Å². The largest absolute Gasteiger partial charge is 0.493 e. The number of ether oxygens (including phenoxy) is 2. The van der Waals surface area contributed by atoms with Gasteiger partial charge in [-0.15, -0.1) is 0 Å². The summed E-state index contributed by atoms with van der Waals surface area (Å²) in [4.78, 5) is 8.90. The highest BCUT2D eigenvalue weighted by atomic mass is 32.2. The third-order valence-electron chi connectivity index (χ3n) is 7.45. The Hall–Kier alpha value is -3.97. The number of aryl methyl sites for hydroxylation is 2. The highest BCUT2D eigenvalue weighted by Gasteiger charge is 2.49. The van der Waals surface area contributed by atoms with Crippen molar-refractivity contribution in [3.05, 3.63) is 82.9 Å². The van der Waals surface area contributed by atoms with Crippen LogP contribution in [0.2, 0.25) is 0 Å². The zero-order valence-corrected chi connectivity index (χ0v) is 25.3. The van der Waals surface area contributed by atoms with Gasteiger partial charge in [-0.05, 0) is 62.9 Å². The Morgan fingerprint density at radius 1 is 1.05 bits per heavy atom. The van der Waals surface area contributed by atoms with Crippen LogP contribution in [0.1, 0.15) is 55.2 Å². The summed E-state index contributed by atoms with van der Waals surface area (Å²) < 4.78 is 97.9. The van der Waals surface area contributed by atoms with Crippen molar-refractivity contribution in [3.63, 3.8) is 0 Å². The van der Waals surface area contributed by atoms with Crippen molar-refractivity contribution in [2.45, 2.75) is 62.7 Å². The molecule has 1 N–H and O–H groups in total. The molecule has 1 aromatic heterocycles. The number of nitrogens with one attached hydrogen (secondary N) is 1. The number of alkyl halides is 3. The molecule has 0 spiro atoms. The van der Waals surface area contributed by atoms with Gasteiger partial charge in [0, 0.05) is 17.0 Å². The molecule has 1 unspecified atom stereocenters. The average molecular weight is 634 g/mol. The maximum Gasteiger partial charge on any atom is 0.419 e. The van der Waals surface area contributed by atoms with Gasteiger partial charge in [0.25, 0.3) is 10.1 Å². The highest BCUT2D eigenvalue weighted by Crippen LogP contribution is 2.44. The van der Waals surface area contributed by atoms with Crippen LogP contribution in [0.3, 0.4) is 0 Å². The summed E-state index contributed by atoms with van der Waals surface area (Å²) in [6.07, 6.45) is -3.15. The number of halogens is 4. The Bertz CT molecular complexity index is 1790. The molecule has 1 fully saturated rings. The van der Waals surface area contributed by atoms with Gasteiger partial charge in [0.1, 0.15) is 29.7 Å². The molecule has 13 heteroatoms. The van der Waals surface area contributed by atoms with E-state index in [2.05, 4.69) is 15.3 Å². The summed E-state index contributed by atoms with van der Waals surface area (Å²) in [5, 5.41) is 3.44. The first-order valence-electron chi connectivity index (χ1n) is 13.9. The Morgan fingerprint density at radius 2 is 1.75 bits per heavy atom. The van der Waals surface area contributed by atoms with E-state index in [9.17, 15) is 26.0 Å². The molecular formula is C31H31F4N3O5S. The predicted molar refractivity (Wildman–Crippen MR) is 156 cm³/mol. The predicted octanol–water partition coefficient (Wildman–Crippen LogP) is 7.16. The summed E-state index contributed by atoms with van der Waals surface area (Å²) in [5.74, 6) is -0.221. The van der Waals surface area contributed by atoms with E-state index in [1.165, 1.54) is 32.2 Å². The smallest absolute Gasteiger partial charge is 0.419 e. The first-order valence-corrected chi connectivity index (χ1v) is 15.3. The molecule has 1 atom stereocenters. The van der Waals surface area contributed by atoms with Crippen LogP contribution in [-0.2, 0) is 26.9 Å². The van der Waals surface area contributed by atoms with Gasteiger partial charge in [0.05, 0.1) is 29.1 Å². The molecule has 0 aliphatic heterocycles. The number of nitrogens with zero attached hydrogens (tertiary/aromatic N) is 2. The zero-order valence-electron chi connectivity index (χ0n) is 24.5. The molecule has 44 heavy (non-hydrogen) atoms. The number of methoxy groups -OCH3 is 1. The summed E-state index contributed by atoms with van der Waals surface area (Å²) in [7, 11) is -2.61. The molecule has 1 aliphatic carbocycles. The van der Waals surface area contributed by atoms with Crippen molar-refractivity contribution in [2.75, 3.05) is 19.0 Å². The maximum atomic E-state index is 14.9. The second-order valence-corrected chi connectivity index (χ2v) is 12.3. The van der Waals surface area contributed by atoms with Gasteiger partial charge in [-0.1, -0.05) is 31.2 Å². The molecule has 0 bridgehead atoms. The van der Waals surface area contributed by atoms with E-state index in [0.717, 1.165) is 18.1 Å². The van der Waals surface area contributed by atoms with Crippen LogP contribution in [0.25, 0.3) is 10.9 Å². The number of hydrogen-bond acceptors (Lipinski definition) is 8. The van der Waals surface area contributed by atoms with Crippen molar-refractivity contribution in [3.8, 4) is 11.5 Å². The number of anilines is 1. The molecule has 8 nitrogen and oxygen atoms in total. The van der Waals surface area contributed by atoms with Gasteiger partial charge in [0.2, 0.25) is 0 Å². The molecule has 1 aliphatic rings. The lowest BCUT2D eigenvalue weighted by Crippen LogP contribution is -2.27. The SMILES string of the molecule is CCc1ccc(S(=O)(=O)OC2(COc3cc4c(NC(C)c5cccc(C(F)(F)F)c5F)nc(C)nc4cc3OC)CC2)cc1. The van der Waals surface area contributed by atoms with Crippen molar-refractivity contribution in [1.29, 1.82) is 0 Å². The Kier molecular flexibility index (Phi) is 8.47. The fourth-order valence-electron chi connectivity index (χ4n) is 4.79. The van der Waals surface area contributed by atoms with Crippen LogP contribution in [0.15, 0.2) is 59.5 Å². The summed E-state index contributed by atoms with van der Waals surface area (Å²) in [6, 6.07) is 11.9. The van der Waals surface area contributed by atoms with Gasteiger partial charge in [-0.3, -0.25) is 4.18 Å². The van der Waals surface area contributed by atoms with Crippen molar-refractivity contribution in [2.24, 2.45) is 0 Å². The molecule has 234 valence electrons. The van der Waals surface area contributed by atoms with Crippen LogP contribution in [0, 0.1) is 12.7 Å². The lowest BCUT2D eigenvalue weighted by atomic mass is 10.0. The molecule has 0 amide bonds. The van der Waals surface area contributed by atoms with E-state index < -0.39 is 39.3 Å². The minimum Gasteiger partial charge on any atom is -0.493 e. The van der Waals surface area contributed by atoms with Crippen LogP contribution in [0.4, 0.5) is 23.4 Å². The van der Waals surface area contributed by atoms with Gasteiger partial charge < -0.3 is 14.8 Å². The second kappa shape index (κ2) is 11.8. The van der Waals surface area contributed by atoms with E-state index >= 15 is 0 Å². The van der Waals surface area contributed by atoms with Crippen molar-refractivity contribution in [1.82, 2.24) is 9.97 Å². The summed E-state index contributed by atoms with van der Waals surface area (Å²) in [6.45, 7) is 5.04. The number of hydrogen-bond donors (Lipinski definition) is 1. The highest BCUT2D eigenvalue weighted by molar-refractivity contribution is 7.86. The quantitative estimate of drug-likeness (QED) is 0.137. The number of rotatable bonds is 11. The monoisotopic (exact) mass is 633 g/mol. The minimum absolute atomic E-state index is 0.0545. The van der Waals surface area contributed by atoms with Crippen molar-refractivity contribution >= 4 is 26.8 Å². The Morgan fingerprint density at radius 3 is 2.36 bits per heavy atom. The Balaban J connectivity index is 1.41. The number of fused-ring (bicyclic) bond motifs is 1. The van der Waals surface area contributed by atoms with Crippen LogP contribution in [-0.4, -0.2) is 37.7 Å². The Labute approximate surface area is 252 Å². The first kappa shape index (κ1) is 31.5. The van der Waals surface area contributed by atoms with Crippen LogP contribution in [0.5, 0.6) is 11.5 Å². The molecule has 4 aromatic rings. The molecule has 1 heterocycles. The lowest BCUT2D eigenvalue weighted by Gasteiger charge is -2.21. The van der Waals surface area contributed by atoms with Crippen LogP contribution >= 0.6 is 0 Å². The normalized spacial score (nSPS) is 15.2. The van der Waals surface area contributed by atoms with E-state index in [-0.39, 0.29) is 28.6 Å². The number of aromatic nitrogens is 2. The van der Waals surface area contributed by atoms with Crippen molar-refractivity contribution < 1.29 is 39.6 Å². The third-order valence-corrected chi connectivity index (χ3v) is 8.87. The van der Waals surface area contributed by atoms with E-state index in [1.54, 1.807) is 31.2 Å². The molecule has 5 rings (SSSR count). The topological polar surface area (TPSA) is 99.6 Å². The molecule has 0 saturated heterocycles. The fourth-order valence-corrected chi connectivity index (χ4v) is 6.04. The summed E-state index contributed by atoms with van der Waals surface area (Å²) >= 11 is 0. The lowest BCUT2D eigenvalue weighted by molar-refractivity contribution is -0.140. The molecule has 0 radical (unpaired) electrons. The second-order valence-electron chi connectivity index (χ2n) is 10.7. The van der Waals surface area contributed by atoms with E-state index in [1.807, 2.05) is 6.92 Å². The van der Waals surface area contributed by atoms with Gasteiger partial charge in [0.15, 0.2) is 11.5 Å². The maximum absolute atomic E-state index is 14.9. The van der Waals surface area contributed by atoms with Gasteiger partial charge in [-0.25, -0.2) is 14.4 Å². The molecule has 1 saturated carbocycles. The van der Waals surface area contributed by atoms with Gasteiger partial charge in [-0.2, -0.15) is 21.6 Å². The molecule has 3 aromatic carbocycles. The average Bonchev–Trinajstić information content (AvgIpc) is 3.73. The summed E-state index contributed by atoms with van der Waals surface area (Å²) in [5.41, 5.74) is -1.16. The zero-order chi connectivity index (χ0) is 31.9. The van der Waals surface area contributed by atoms with E-state index in [4.69, 9.17) is 13.7 Å². The fraction of sp³-hybridized carbons (Fsp3) is 0.355. The van der Waals surface area contributed by atoms with E-state index in [0.29, 0.717) is 41.4 Å². The van der Waals surface area contributed by atoms with Gasteiger partial charge >= 0.3 is 6.18 Å². The number of benzene rings is 3. The third kappa shape index (κ3) is 6.58. The minimum atomic E-state index is -4.84. The first-order chi connectivity index (χ1) is 20.7. The standard InChI is InChI=1S/C31H31F4N3O5S/c1-5-20-9-11-21(12-10-20)44(39,40)43-30(13-14-30)17-42-27-15-23-25(16-26(27)41-4)37-19(3)38-29(23)36-18(2)22-7-6-8-24(28(22)32)31(33,34)35/h6-12,15-16,18H,5,13-14,17H2,1-4H3,(H,36,37,38).